The molecule has 0 aliphatic heterocycles. The highest BCUT2D eigenvalue weighted by atomic mass is 32.2. The fraction of sp³-hybridized carbons (Fsp3) is 0.857. The van der Waals surface area contributed by atoms with Gasteiger partial charge in [0.1, 0.15) is 0 Å². The smallest absolute Gasteiger partial charge is 0.304 e. The molecule has 0 amide bonds. The molecule has 2 N–H and O–H groups in total. The molecule has 0 saturated heterocycles. The lowest BCUT2D eigenvalue weighted by atomic mass is 10.3. The van der Waals surface area contributed by atoms with Crippen LogP contribution < -0.4 is 4.72 Å². The van der Waals surface area contributed by atoms with Gasteiger partial charge in [0.2, 0.25) is 10.0 Å². The molecule has 13 heavy (non-hydrogen) atoms. The lowest BCUT2D eigenvalue weighted by Crippen LogP contribution is -2.38. The molecule has 0 aliphatic carbocycles. The average molecular weight is 209 g/mol. The van der Waals surface area contributed by atoms with Crippen molar-refractivity contribution in [2.24, 2.45) is 0 Å². The Morgan fingerprint density at radius 3 is 2.15 bits per heavy atom. The summed E-state index contributed by atoms with van der Waals surface area (Å²) in [5, 5.41) is 7.85. The summed E-state index contributed by atoms with van der Waals surface area (Å²) in [5.41, 5.74) is 0. The molecule has 0 radical (unpaired) electrons. The van der Waals surface area contributed by atoms with Crippen molar-refractivity contribution < 1.29 is 18.3 Å². The fourth-order valence-electron chi connectivity index (χ4n) is 0.720. The third-order valence-corrected chi connectivity index (χ3v) is 3.44. The van der Waals surface area contributed by atoms with Crippen LogP contribution in [0.5, 0.6) is 0 Å². The van der Waals surface area contributed by atoms with E-state index in [9.17, 15) is 13.2 Å². The first kappa shape index (κ1) is 12.4. The number of hydrogen-bond donors (Lipinski definition) is 2. The van der Waals surface area contributed by atoms with Gasteiger partial charge in [-0.1, -0.05) is 0 Å². The minimum Gasteiger partial charge on any atom is -0.481 e. The molecule has 0 saturated carbocycles. The summed E-state index contributed by atoms with van der Waals surface area (Å²) in [4.78, 5) is 10.2. The number of nitrogens with one attached hydrogen (secondary N) is 1. The Morgan fingerprint density at radius 2 is 1.85 bits per heavy atom. The average Bonchev–Trinajstić information content (AvgIpc) is 1.82. The molecule has 0 fully saturated rings. The van der Waals surface area contributed by atoms with Crippen LogP contribution in [-0.4, -0.2) is 30.8 Å². The van der Waals surface area contributed by atoms with Gasteiger partial charge in [0.15, 0.2) is 0 Å². The maximum Gasteiger partial charge on any atom is 0.304 e. The Kier molecular flexibility index (Phi) is 4.35. The van der Waals surface area contributed by atoms with Crippen molar-refractivity contribution in [3.05, 3.63) is 0 Å². The largest absolute Gasteiger partial charge is 0.481 e. The SMILES string of the molecule is CC(CC(=O)O)NS(=O)(=O)C(C)C. The van der Waals surface area contributed by atoms with E-state index in [0.29, 0.717) is 0 Å². The molecule has 0 aromatic rings. The lowest BCUT2D eigenvalue weighted by molar-refractivity contribution is -0.137. The Labute approximate surface area is 78.2 Å². The van der Waals surface area contributed by atoms with Crippen molar-refractivity contribution in [1.82, 2.24) is 4.72 Å². The lowest BCUT2D eigenvalue weighted by Gasteiger charge is -2.14. The Bertz CT molecular complexity index is 270. The van der Waals surface area contributed by atoms with E-state index in [1.54, 1.807) is 0 Å². The fourth-order valence-corrected chi connectivity index (χ4v) is 1.64. The predicted octanol–water partition coefficient (Wildman–Crippen LogP) is 0.177. The Hall–Kier alpha value is -0.620. The van der Waals surface area contributed by atoms with Crippen molar-refractivity contribution in [3.8, 4) is 0 Å². The molecule has 0 aromatic carbocycles. The highest BCUT2D eigenvalue weighted by Gasteiger charge is 2.19. The van der Waals surface area contributed by atoms with Gasteiger partial charge in [-0.15, -0.1) is 0 Å². The number of carboxylic acid groups (broad SMARTS) is 1. The third-order valence-electron chi connectivity index (χ3n) is 1.47. The Morgan fingerprint density at radius 1 is 1.38 bits per heavy atom. The summed E-state index contributed by atoms with van der Waals surface area (Å²) < 4.78 is 24.7. The highest BCUT2D eigenvalue weighted by Crippen LogP contribution is 2.00. The Balaban J connectivity index is 4.21. The van der Waals surface area contributed by atoms with E-state index in [0.717, 1.165) is 0 Å². The zero-order valence-electron chi connectivity index (χ0n) is 7.94. The summed E-state index contributed by atoms with van der Waals surface area (Å²) in [6.07, 6.45) is -0.202. The molecule has 0 heterocycles. The highest BCUT2D eigenvalue weighted by molar-refractivity contribution is 7.90. The third kappa shape index (κ3) is 4.84. The molecule has 1 atom stereocenters. The van der Waals surface area contributed by atoms with Gasteiger partial charge in [-0.25, -0.2) is 13.1 Å². The van der Waals surface area contributed by atoms with Crippen LogP contribution in [0, 0.1) is 0 Å². The number of carboxylic acids is 1. The zero-order chi connectivity index (χ0) is 10.6. The van der Waals surface area contributed by atoms with Crippen molar-refractivity contribution in [1.29, 1.82) is 0 Å². The van der Waals surface area contributed by atoms with Crippen LogP contribution in [-0.2, 0) is 14.8 Å². The van der Waals surface area contributed by atoms with E-state index in [2.05, 4.69) is 4.72 Å². The molecule has 1 unspecified atom stereocenters. The molecule has 0 rings (SSSR count). The summed E-state index contributed by atoms with van der Waals surface area (Å²) in [5.74, 6) is -1.01. The minimum atomic E-state index is -3.36. The van der Waals surface area contributed by atoms with Gasteiger partial charge < -0.3 is 5.11 Å². The van der Waals surface area contributed by atoms with E-state index >= 15 is 0 Å². The number of rotatable bonds is 5. The van der Waals surface area contributed by atoms with Crippen LogP contribution >= 0.6 is 0 Å². The van der Waals surface area contributed by atoms with Gasteiger partial charge in [0.25, 0.3) is 0 Å². The summed E-state index contributed by atoms with van der Waals surface area (Å²) in [6.45, 7) is 4.60. The van der Waals surface area contributed by atoms with Gasteiger partial charge in [-0.3, -0.25) is 4.79 Å². The van der Waals surface area contributed by atoms with E-state index in [4.69, 9.17) is 5.11 Å². The molecule has 0 aliphatic rings. The first-order chi connectivity index (χ1) is 5.75. The van der Waals surface area contributed by atoms with Crippen LogP contribution in [0.2, 0.25) is 0 Å². The second kappa shape index (κ2) is 4.57. The molecule has 5 nitrogen and oxygen atoms in total. The number of carbonyl (C=O) groups is 1. The molecular weight excluding hydrogens is 194 g/mol. The maximum absolute atomic E-state index is 11.2. The van der Waals surface area contributed by atoms with Gasteiger partial charge >= 0.3 is 5.97 Å². The van der Waals surface area contributed by atoms with Gasteiger partial charge in [0, 0.05) is 6.04 Å². The number of sulfonamides is 1. The van der Waals surface area contributed by atoms with Gasteiger partial charge in [0.05, 0.1) is 11.7 Å². The van der Waals surface area contributed by atoms with Crippen molar-refractivity contribution >= 4 is 16.0 Å². The van der Waals surface area contributed by atoms with E-state index in [1.807, 2.05) is 0 Å². The van der Waals surface area contributed by atoms with E-state index < -0.39 is 27.3 Å². The molecular formula is C7H15NO4S. The molecule has 0 spiro atoms. The quantitative estimate of drug-likeness (QED) is 0.676. The van der Waals surface area contributed by atoms with E-state index in [-0.39, 0.29) is 6.42 Å². The topological polar surface area (TPSA) is 83.5 Å². The van der Waals surface area contributed by atoms with Crippen molar-refractivity contribution in [2.75, 3.05) is 0 Å². The zero-order valence-corrected chi connectivity index (χ0v) is 8.76. The maximum atomic E-state index is 11.2. The van der Waals surface area contributed by atoms with Crippen molar-refractivity contribution in [3.63, 3.8) is 0 Å². The minimum absolute atomic E-state index is 0.202. The summed E-state index contributed by atoms with van der Waals surface area (Å²) >= 11 is 0. The summed E-state index contributed by atoms with van der Waals surface area (Å²) in [6, 6.07) is -0.565. The number of aliphatic carboxylic acids is 1. The summed E-state index contributed by atoms with van der Waals surface area (Å²) in [7, 11) is -3.36. The second-order valence-corrected chi connectivity index (χ2v) is 5.48. The monoisotopic (exact) mass is 209 g/mol. The predicted molar refractivity (Wildman–Crippen MR) is 48.9 cm³/mol. The van der Waals surface area contributed by atoms with Crippen LogP contribution in [0.25, 0.3) is 0 Å². The first-order valence-corrected chi connectivity index (χ1v) is 5.53. The molecule has 6 heteroatoms. The molecule has 0 bridgehead atoms. The normalized spacial score (nSPS) is 14.5. The van der Waals surface area contributed by atoms with Crippen LogP contribution in [0.3, 0.4) is 0 Å². The number of hydrogen-bond acceptors (Lipinski definition) is 3. The van der Waals surface area contributed by atoms with Crippen LogP contribution in [0.4, 0.5) is 0 Å². The standard InChI is InChI=1S/C7H15NO4S/c1-5(2)13(11,12)8-6(3)4-7(9)10/h5-6,8H,4H2,1-3H3,(H,9,10). The van der Waals surface area contributed by atoms with Crippen LogP contribution in [0.15, 0.2) is 0 Å². The van der Waals surface area contributed by atoms with Crippen LogP contribution in [0.1, 0.15) is 27.2 Å². The van der Waals surface area contributed by atoms with Gasteiger partial charge in [-0.05, 0) is 20.8 Å². The van der Waals surface area contributed by atoms with E-state index in [1.165, 1.54) is 20.8 Å². The second-order valence-electron chi connectivity index (χ2n) is 3.21. The molecule has 78 valence electrons. The molecule has 0 aromatic heterocycles. The first-order valence-electron chi connectivity index (χ1n) is 3.98. The van der Waals surface area contributed by atoms with Gasteiger partial charge in [-0.2, -0.15) is 0 Å². The van der Waals surface area contributed by atoms with Crippen molar-refractivity contribution in [2.45, 2.75) is 38.5 Å².